The Balaban J connectivity index is 2.39. The maximum absolute atomic E-state index is 10.8. The number of rotatable bonds is 1. The van der Waals surface area contributed by atoms with Gasteiger partial charge >= 0.3 is 0 Å². The molecule has 0 aliphatic heterocycles. The van der Waals surface area contributed by atoms with Crippen LogP contribution in [0.5, 0.6) is 0 Å². The highest BCUT2D eigenvalue weighted by atomic mass is 79.9. The Hall–Kier alpha value is -1.67. The van der Waals surface area contributed by atoms with E-state index in [-0.39, 0.29) is 0 Å². The molecule has 1 nitrogen and oxygen atoms in total. The molecule has 0 aliphatic rings. The Morgan fingerprint density at radius 2 is 1.41 bits per heavy atom. The molecule has 0 spiro atoms. The summed E-state index contributed by atoms with van der Waals surface area (Å²) in [6.07, 6.45) is 0.880. The molecular weight excluding hydrogens is 276 g/mol. The van der Waals surface area contributed by atoms with E-state index in [0.717, 1.165) is 21.5 Å². The second kappa shape index (κ2) is 3.97. The van der Waals surface area contributed by atoms with E-state index >= 15 is 0 Å². The fourth-order valence-corrected chi connectivity index (χ4v) is 2.44. The Bertz CT molecular complexity index is 731. The summed E-state index contributed by atoms with van der Waals surface area (Å²) in [7, 11) is 0. The smallest absolute Gasteiger partial charge is 0.150 e. The highest BCUT2D eigenvalue weighted by Crippen LogP contribution is 2.25. The molecule has 0 heterocycles. The second-order valence-electron chi connectivity index (χ2n) is 4.07. The summed E-state index contributed by atoms with van der Waals surface area (Å²) in [6, 6.07) is 16.2. The van der Waals surface area contributed by atoms with Crippen molar-refractivity contribution in [2.45, 2.75) is 0 Å². The van der Waals surface area contributed by atoms with Gasteiger partial charge in [0.25, 0.3) is 0 Å². The minimum absolute atomic E-state index is 0.715. The van der Waals surface area contributed by atoms with E-state index in [4.69, 9.17) is 0 Å². The molecule has 82 valence electrons. The SMILES string of the molecule is O=Cc1ccc2cc3ccc(Br)cc3cc2c1. The third-order valence-electron chi connectivity index (χ3n) is 2.92. The molecule has 0 N–H and O–H groups in total. The fourth-order valence-electron chi connectivity index (χ4n) is 2.06. The van der Waals surface area contributed by atoms with Gasteiger partial charge < -0.3 is 0 Å². The molecule has 0 atom stereocenters. The van der Waals surface area contributed by atoms with Gasteiger partial charge in [-0.05, 0) is 51.9 Å². The monoisotopic (exact) mass is 284 g/mol. The van der Waals surface area contributed by atoms with E-state index in [2.05, 4.69) is 40.2 Å². The highest BCUT2D eigenvalue weighted by molar-refractivity contribution is 9.10. The van der Waals surface area contributed by atoms with Crippen molar-refractivity contribution < 1.29 is 4.79 Å². The van der Waals surface area contributed by atoms with Gasteiger partial charge in [-0.1, -0.05) is 34.1 Å². The minimum atomic E-state index is 0.715. The van der Waals surface area contributed by atoms with Crippen LogP contribution in [0.3, 0.4) is 0 Å². The lowest BCUT2D eigenvalue weighted by Crippen LogP contribution is -1.81. The standard InChI is InChI=1S/C15H9BrO/c16-15-4-3-12-6-11-2-1-10(9-17)5-13(11)7-14(12)8-15/h1-9H. The molecule has 0 radical (unpaired) electrons. The quantitative estimate of drug-likeness (QED) is 0.473. The molecule has 0 saturated carbocycles. The summed E-state index contributed by atoms with van der Waals surface area (Å²) in [5.41, 5.74) is 0.715. The van der Waals surface area contributed by atoms with Crippen molar-refractivity contribution in [3.8, 4) is 0 Å². The molecule has 17 heavy (non-hydrogen) atoms. The lowest BCUT2D eigenvalue weighted by Gasteiger charge is -2.03. The van der Waals surface area contributed by atoms with E-state index in [1.165, 1.54) is 10.8 Å². The zero-order valence-electron chi connectivity index (χ0n) is 8.98. The largest absolute Gasteiger partial charge is 0.298 e. The number of aldehydes is 1. The van der Waals surface area contributed by atoms with Gasteiger partial charge in [-0.3, -0.25) is 4.79 Å². The molecule has 3 rings (SSSR count). The van der Waals surface area contributed by atoms with Crippen LogP contribution in [-0.2, 0) is 0 Å². The lowest BCUT2D eigenvalue weighted by atomic mass is 10.0. The molecular formula is C15H9BrO. The summed E-state index contributed by atoms with van der Waals surface area (Å²) in [4.78, 5) is 10.8. The number of carbonyl (C=O) groups excluding carboxylic acids is 1. The van der Waals surface area contributed by atoms with Gasteiger partial charge in [0.05, 0.1) is 0 Å². The topological polar surface area (TPSA) is 17.1 Å². The van der Waals surface area contributed by atoms with E-state index in [9.17, 15) is 4.79 Å². The molecule has 3 aromatic carbocycles. The Labute approximate surface area is 107 Å². The van der Waals surface area contributed by atoms with Crippen LogP contribution >= 0.6 is 15.9 Å². The van der Waals surface area contributed by atoms with Crippen LogP contribution in [0.15, 0.2) is 53.0 Å². The normalized spacial score (nSPS) is 10.9. The number of fused-ring (bicyclic) bond motifs is 2. The number of hydrogen-bond acceptors (Lipinski definition) is 1. The first-order valence-electron chi connectivity index (χ1n) is 5.34. The van der Waals surface area contributed by atoms with Crippen molar-refractivity contribution in [3.63, 3.8) is 0 Å². The van der Waals surface area contributed by atoms with Crippen LogP contribution in [0.4, 0.5) is 0 Å². The number of halogens is 1. The van der Waals surface area contributed by atoms with Crippen molar-refractivity contribution in [1.82, 2.24) is 0 Å². The van der Waals surface area contributed by atoms with Crippen LogP contribution in [0, 0.1) is 0 Å². The van der Waals surface area contributed by atoms with Gasteiger partial charge in [-0.2, -0.15) is 0 Å². The van der Waals surface area contributed by atoms with E-state index in [0.29, 0.717) is 5.56 Å². The van der Waals surface area contributed by atoms with Gasteiger partial charge in [0.1, 0.15) is 6.29 Å². The molecule has 0 fully saturated rings. The summed E-state index contributed by atoms with van der Waals surface area (Å²) in [5.74, 6) is 0. The van der Waals surface area contributed by atoms with Crippen LogP contribution < -0.4 is 0 Å². The van der Waals surface area contributed by atoms with Gasteiger partial charge in [0, 0.05) is 10.0 Å². The third kappa shape index (κ3) is 1.85. The van der Waals surface area contributed by atoms with Gasteiger partial charge in [0.15, 0.2) is 0 Å². The molecule has 0 aliphatic carbocycles. The van der Waals surface area contributed by atoms with Gasteiger partial charge in [-0.25, -0.2) is 0 Å². The second-order valence-corrected chi connectivity index (χ2v) is 4.98. The molecule has 3 aromatic rings. The molecule has 0 saturated heterocycles. The van der Waals surface area contributed by atoms with Gasteiger partial charge in [-0.15, -0.1) is 0 Å². The van der Waals surface area contributed by atoms with E-state index in [1.54, 1.807) is 0 Å². The van der Waals surface area contributed by atoms with Gasteiger partial charge in [0.2, 0.25) is 0 Å². The van der Waals surface area contributed by atoms with Crippen molar-refractivity contribution in [3.05, 3.63) is 58.6 Å². The predicted molar refractivity (Wildman–Crippen MR) is 74.5 cm³/mol. The average molecular weight is 285 g/mol. The molecule has 0 bridgehead atoms. The van der Waals surface area contributed by atoms with Crippen LogP contribution in [-0.4, -0.2) is 6.29 Å². The van der Waals surface area contributed by atoms with E-state index in [1.807, 2.05) is 24.3 Å². The fraction of sp³-hybridized carbons (Fsp3) is 0. The summed E-state index contributed by atoms with van der Waals surface area (Å²) < 4.78 is 1.07. The Morgan fingerprint density at radius 1 is 0.765 bits per heavy atom. The average Bonchev–Trinajstić information content (AvgIpc) is 2.35. The first kappa shape index (κ1) is 10.5. The Morgan fingerprint density at radius 3 is 2.18 bits per heavy atom. The highest BCUT2D eigenvalue weighted by Gasteiger charge is 2.00. The summed E-state index contributed by atoms with van der Waals surface area (Å²) in [6.45, 7) is 0. The van der Waals surface area contributed by atoms with Crippen molar-refractivity contribution >= 4 is 43.8 Å². The van der Waals surface area contributed by atoms with Crippen LogP contribution in [0.25, 0.3) is 21.5 Å². The third-order valence-corrected chi connectivity index (χ3v) is 3.41. The Kier molecular flexibility index (Phi) is 2.45. The van der Waals surface area contributed by atoms with Crippen LogP contribution in [0.2, 0.25) is 0 Å². The molecule has 2 heteroatoms. The number of carbonyl (C=O) groups is 1. The maximum Gasteiger partial charge on any atom is 0.150 e. The molecule has 0 amide bonds. The van der Waals surface area contributed by atoms with Crippen molar-refractivity contribution in [1.29, 1.82) is 0 Å². The van der Waals surface area contributed by atoms with Crippen molar-refractivity contribution in [2.24, 2.45) is 0 Å². The predicted octanol–water partition coefficient (Wildman–Crippen LogP) is 4.57. The lowest BCUT2D eigenvalue weighted by molar-refractivity contribution is 0.112. The number of benzene rings is 3. The summed E-state index contributed by atoms with van der Waals surface area (Å²) >= 11 is 3.47. The zero-order chi connectivity index (χ0) is 11.8. The zero-order valence-corrected chi connectivity index (χ0v) is 10.6. The molecule has 0 unspecified atom stereocenters. The summed E-state index contributed by atoms with van der Waals surface area (Å²) in [5, 5.41) is 4.64. The first-order chi connectivity index (χ1) is 8.26. The van der Waals surface area contributed by atoms with E-state index < -0.39 is 0 Å². The minimum Gasteiger partial charge on any atom is -0.298 e. The first-order valence-corrected chi connectivity index (χ1v) is 6.14. The van der Waals surface area contributed by atoms with Crippen LogP contribution in [0.1, 0.15) is 10.4 Å². The maximum atomic E-state index is 10.8. The van der Waals surface area contributed by atoms with Crippen molar-refractivity contribution in [2.75, 3.05) is 0 Å². The number of hydrogen-bond donors (Lipinski definition) is 0. The molecule has 0 aromatic heterocycles.